The van der Waals surface area contributed by atoms with Gasteiger partial charge in [0.25, 0.3) is 5.91 Å². The monoisotopic (exact) mass is 468 g/mol. The molecule has 34 heavy (non-hydrogen) atoms. The van der Waals surface area contributed by atoms with E-state index in [0.717, 1.165) is 0 Å². The standard InChI is InChI=1S/C25H25FN2O6/c1-15(28-24(30)21-22(29)20(32-3)13-14-27-21)25(31)33-16(2)23(17-9-11-18(26)12-10-17)34-19-7-5-4-6-8-19/h4-16,23,29H,1-3H3,(H,28,30)/t15?,16-,23-/m0/s1. The lowest BCUT2D eigenvalue weighted by atomic mass is 10.0. The molecule has 0 spiro atoms. The van der Waals surface area contributed by atoms with Crippen molar-refractivity contribution in [3.63, 3.8) is 0 Å². The minimum absolute atomic E-state index is 0.0733. The quantitative estimate of drug-likeness (QED) is 0.460. The summed E-state index contributed by atoms with van der Waals surface area (Å²) in [4.78, 5) is 29.1. The van der Waals surface area contributed by atoms with E-state index >= 15 is 0 Å². The number of esters is 1. The molecular formula is C25H25FN2O6. The second-order valence-corrected chi connectivity index (χ2v) is 7.45. The van der Waals surface area contributed by atoms with Crippen molar-refractivity contribution in [1.82, 2.24) is 10.3 Å². The third kappa shape index (κ3) is 6.00. The van der Waals surface area contributed by atoms with E-state index in [1.165, 1.54) is 38.4 Å². The summed E-state index contributed by atoms with van der Waals surface area (Å²) in [5.41, 5.74) is 0.316. The van der Waals surface area contributed by atoms with Gasteiger partial charge in [0, 0.05) is 12.3 Å². The second-order valence-electron chi connectivity index (χ2n) is 7.45. The summed E-state index contributed by atoms with van der Waals surface area (Å²) < 4.78 is 30.0. The van der Waals surface area contributed by atoms with Crippen molar-refractivity contribution in [1.29, 1.82) is 0 Å². The Morgan fingerprint density at radius 1 is 1.03 bits per heavy atom. The minimum atomic E-state index is -1.06. The zero-order valence-electron chi connectivity index (χ0n) is 18.9. The number of hydrogen-bond donors (Lipinski definition) is 2. The van der Waals surface area contributed by atoms with Crippen LogP contribution in [0.3, 0.4) is 0 Å². The van der Waals surface area contributed by atoms with Crippen LogP contribution in [0.4, 0.5) is 4.39 Å². The molecule has 1 unspecified atom stereocenters. The van der Waals surface area contributed by atoms with Gasteiger partial charge in [-0.15, -0.1) is 0 Å². The zero-order valence-corrected chi connectivity index (χ0v) is 18.9. The van der Waals surface area contributed by atoms with Crippen molar-refractivity contribution >= 4 is 11.9 Å². The Hall–Kier alpha value is -4.14. The van der Waals surface area contributed by atoms with Crippen LogP contribution in [0.25, 0.3) is 0 Å². The number of methoxy groups -OCH3 is 1. The first-order valence-electron chi connectivity index (χ1n) is 10.5. The molecule has 1 aromatic heterocycles. The van der Waals surface area contributed by atoms with Crippen molar-refractivity contribution < 1.29 is 33.3 Å². The number of pyridine rings is 1. The third-order valence-electron chi connectivity index (χ3n) is 4.96. The molecule has 3 aromatic rings. The fraction of sp³-hybridized carbons (Fsp3) is 0.240. The number of aromatic hydroxyl groups is 1. The average Bonchev–Trinajstić information content (AvgIpc) is 2.83. The van der Waals surface area contributed by atoms with Crippen LogP contribution < -0.4 is 14.8 Å². The third-order valence-corrected chi connectivity index (χ3v) is 4.96. The molecule has 2 aromatic carbocycles. The van der Waals surface area contributed by atoms with Gasteiger partial charge in [0.1, 0.15) is 23.7 Å². The number of carbonyl (C=O) groups is 2. The molecule has 9 heteroatoms. The first kappa shape index (κ1) is 24.5. The Labute approximate surface area is 196 Å². The van der Waals surface area contributed by atoms with Gasteiger partial charge in [-0.3, -0.25) is 4.79 Å². The van der Waals surface area contributed by atoms with Gasteiger partial charge in [-0.25, -0.2) is 14.2 Å². The number of nitrogens with one attached hydrogen (secondary N) is 1. The second kappa shape index (κ2) is 11.1. The molecule has 178 valence electrons. The Balaban J connectivity index is 1.71. The van der Waals surface area contributed by atoms with Crippen LogP contribution >= 0.6 is 0 Å². The minimum Gasteiger partial charge on any atom is -0.503 e. The number of aromatic nitrogens is 1. The van der Waals surface area contributed by atoms with Gasteiger partial charge in [-0.2, -0.15) is 0 Å². The maximum Gasteiger partial charge on any atom is 0.328 e. The molecule has 3 rings (SSSR count). The summed E-state index contributed by atoms with van der Waals surface area (Å²) in [6.07, 6.45) is -0.230. The molecule has 0 aliphatic heterocycles. The molecule has 0 radical (unpaired) electrons. The normalized spacial score (nSPS) is 13.3. The maximum atomic E-state index is 13.4. The molecule has 0 aliphatic rings. The number of hydrogen-bond acceptors (Lipinski definition) is 7. The summed E-state index contributed by atoms with van der Waals surface area (Å²) in [7, 11) is 1.34. The summed E-state index contributed by atoms with van der Waals surface area (Å²) in [6, 6.07) is 15.0. The Kier molecular flexibility index (Phi) is 8.02. The van der Waals surface area contributed by atoms with Crippen LogP contribution in [0.5, 0.6) is 17.2 Å². The highest BCUT2D eigenvalue weighted by Gasteiger charge is 2.28. The van der Waals surface area contributed by atoms with Crippen LogP contribution in [-0.2, 0) is 9.53 Å². The number of halogens is 1. The Morgan fingerprint density at radius 2 is 1.71 bits per heavy atom. The molecule has 0 aliphatic carbocycles. The Bertz CT molecular complexity index is 1120. The van der Waals surface area contributed by atoms with Gasteiger partial charge in [0.15, 0.2) is 23.3 Å². The van der Waals surface area contributed by atoms with Gasteiger partial charge in [0.05, 0.1) is 7.11 Å². The largest absolute Gasteiger partial charge is 0.503 e. The molecule has 2 N–H and O–H groups in total. The van der Waals surface area contributed by atoms with E-state index in [4.69, 9.17) is 14.2 Å². The molecule has 3 atom stereocenters. The lowest BCUT2D eigenvalue weighted by molar-refractivity contribution is -0.154. The topological polar surface area (TPSA) is 107 Å². The number of carbonyl (C=O) groups excluding carboxylic acids is 2. The van der Waals surface area contributed by atoms with Crippen LogP contribution in [-0.4, -0.2) is 41.2 Å². The van der Waals surface area contributed by atoms with E-state index in [1.807, 2.05) is 6.07 Å². The molecule has 0 fully saturated rings. The van der Waals surface area contributed by atoms with E-state index in [2.05, 4.69) is 10.3 Å². The number of amides is 1. The van der Waals surface area contributed by atoms with E-state index in [0.29, 0.717) is 11.3 Å². The average molecular weight is 468 g/mol. The number of benzene rings is 2. The fourth-order valence-corrected chi connectivity index (χ4v) is 3.17. The number of para-hydroxylation sites is 1. The number of ether oxygens (including phenoxy) is 3. The predicted octanol–water partition coefficient (Wildman–Crippen LogP) is 3.81. The van der Waals surface area contributed by atoms with Crippen molar-refractivity contribution in [3.8, 4) is 17.2 Å². The molecule has 0 saturated carbocycles. The first-order valence-corrected chi connectivity index (χ1v) is 10.5. The van der Waals surface area contributed by atoms with E-state index < -0.39 is 41.7 Å². The van der Waals surface area contributed by atoms with Crippen molar-refractivity contribution in [3.05, 3.63) is 83.9 Å². The smallest absolute Gasteiger partial charge is 0.328 e. The lowest BCUT2D eigenvalue weighted by Crippen LogP contribution is -2.42. The highest BCUT2D eigenvalue weighted by atomic mass is 19.1. The zero-order chi connectivity index (χ0) is 24.7. The summed E-state index contributed by atoms with van der Waals surface area (Å²) in [5, 5.41) is 12.6. The lowest BCUT2D eigenvalue weighted by Gasteiger charge is -2.27. The van der Waals surface area contributed by atoms with Crippen LogP contribution in [0, 0.1) is 5.82 Å². The highest BCUT2D eigenvalue weighted by Crippen LogP contribution is 2.28. The van der Waals surface area contributed by atoms with Gasteiger partial charge in [0.2, 0.25) is 0 Å². The van der Waals surface area contributed by atoms with E-state index in [9.17, 15) is 19.1 Å². The summed E-state index contributed by atoms with van der Waals surface area (Å²) >= 11 is 0. The number of rotatable bonds is 9. The molecule has 8 nitrogen and oxygen atoms in total. The van der Waals surface area contributed by atoms with Gasteiger partial charge < -0.3 is 24.6 Å². The highest BCUT2D eigenvalue weighted by molar-refractivity contribution is 5.97. The fourth-order valence-electron chi connectivity index (χ4n) is 3.17. The van der Waals surface area contributed by atoms with Crippen molar-refractivity contribution in [2.24, 2.45) is 0 Å². The van der Waals surface area contributed by atoms with E-state index in [-0.39, 0.29) is 11.4 Å². The summed E-state index contributed by atoms with van der Waals surface area (Å²) in [5.74, 6) is -1.73. The Morgan fingerprint density at radius 3 is 2.35 bits per heavy atom. The van der Waals surface area contributed by atoms with Gasteiger partial charge in [-0.05, 0) is 43.7 Å². The molecule has 0 saturated heterocycles. The van der Waals surface area contributed by atoms with Crippen LogP contribution in [0.1, 0.15) is 36.0 Å². The van der Waals surface area contributed by atoms with Gasteiger partial charge in [-0.1, -0.05) is 30.3 Å². The summed E-state index contributed by atoms with van der Waals surface area (Å²) in [6.45, 7) is 3.08. The van der Waals surface area contributed by atoms with E-state index in [1.54, 1.807) is 43.3 Å². The first-order chi connectivity index (χ1) is 16.3. The molecule has 0 bridgehead atoms. The SMILES string of the molecule is COc1ccnc(C(=O)NC(C)C(=O)O[C@@H](C)[C@H](Oc2ccccc2)c2ccc(F)cc2)c1O. The van der Waals surface area contributed by atoms with Crippen molar-refractivity contribution in [2.45, 2.75) is 32.1 Å². The van der Waals surface area contributed by atoms with Crippen LogP contribution in [0.15, 0.2) is 66.9 Å². The molecular weight excluding hydrogens is 443 g/mol. The van der Waals surface area contributed by atoms with Crippen LogP contribution in [0.2, 0.25) is 0 Å². The molecule has 1 amide bonds. The van der Waals surface area contributed by atoms with Gasteiger partial charge >= 0.3 is 5.97 Å². The maximum absolute atomic E-state index is 13.4. The predicted molar refractivity (Wildman–Crippen MR) is 121 cm³/mol. The van der Waals surface area contributed by atoms with Crippen molar-refractivity contribution in [2.75, 3.05) is 7.11 Å². The molecule has 1 heterocycles. The number of nitrogens with zero attached hydrogens (tertiary/aromatic N) is 1.